The molecule has 0 aromatic heterocycles. The maximum atomic E-state index is 7.05. The molecular formula is C32H54N8O3. The molecule has 11 heteroatoms. The molecule has 2 atom stereocenters. The zero-order valence-corrected chi connectivity index (χ0v) is 27.5. The number of likely N-dealkylation sites (tertiary alicyclic amines) is 1. The Morgan fingerprint density at radius 1 is 0.860 bits per heavy atom. The largest absolute Gasteiger partial charge is 0.493 e. The molecule has 4 N–H and O–H groups in total. The number of anilines is 2. The third-order valence-electron chi connectivity index (χ3n) is 8.64. The van der Waals surface area contributed by atoms with Gasteiger partial charge in [-0.3, -0.25) is 10.6 Å². The molecule has 2 aromatic rings. The van der Waals surface area contributed by atoms with Crippen LogP contribution in [0.15, 0.2) is 30.3 Å². The van der Waals surface area contributed by atoms with E-state index < -0.39 is 0 Å². The van der Waals surface area contributed by atoms with Crippen LogP contribution in [0.1, 0.15) is 30.1 Å². The summed E-state index contributed by atoms with van der Waals surface area (Å²) >= 11 is 0. The van der Waals surface area contributed by atoms with Crippen LogP contribution in [-0.4, -0.2) is 128 Å². The standard InChI is InChI=1S/C32H54N8O3/c1-35(2)16-17-39-27-21-30(42-8)29(41-7)20-24(27)31(33)40(32(39)34)23-12-14-38(15-13-23)22-25-26(37(5)6)10-9-11-28(25)43-19-18-36(3)4/h9-11,20-21,23,31-32H,12-19,22,33-34H2,1-8H3. The topological polar surface area (TPSA) is 99.2 Å². The van der Waals surface area contributed by atoms with E-state index in [0.717, 1.165) is 69.1 Å². The molecule has 43 heavy (non-hydrogen) atoms. The molecule has 11 nitrogen and oxygen atoms in total. The quantitative estimate of drug-likeness (QED) is 0.355. The molecule has 240 valence electrons. The summed E-state index contributed by atoms with van der Waals surface area (Å²) < 4.78 is 17.6. The number of benzene rings is 2. The average Bonchev–Trinajstić information content (AvgIpc) is 2.97. The molecule has 0 spiro atoms. The van der Waals surface area contributed by atoms with Gasteiger partial charge in [-0.15, -0.1) is 0 Å². The SMILES string of the molecule is COc1cc2c(cc1OC)N(CCN(C)C)C(N)N(C1CCN(Cc3c(OCCN(C)C)cccc3N(C)C)CC1)C2N. The van der Waals surface area contributed by atoms with Crippen molar-refractivity contribution in [2.75, 3.05) is 106 Å². The lowest BCUT2D eigenvalue weighted by Crippen LogP contribution is -2.65. The summed E-state index contributed by atoms with van der Waals surface area (Å²) in [6.45, 7) is 5.92. The number of ether oxygens (including phenoxy) is 3. The maximum absolute atomic E-state index is 7.05. The van der Waals surface area contributed by atoms with Crippen molar-refractivity contribution in [2.45, 2.75) is 37.9 Å². The van der Waals surface area contributed by atoms with Crippen molar-refractivity contribution in [3.05, 3.63) is 41.5 Å². The van der Waals surface area contributed by atoms with E-state index in [-0.39, 0.29) is 18.5 Å². The molecule has 0 aliphatic carbocycles. The summed E-state index contributed by atoms with van der Waals surface area (Å²) in [4.78, 5) is 13.6. The highest BCUT2D eigenvalue weighted by Crippen LogP contribution is 2.43. The van der Waals surface area contributed by atoms with Gasteiger partial charge in [-0.05, 0) is 72.3 Å². The van der Waals surface area contributed by atoms with Gasteiger partial charge in [0, 0.05) is 74.9 Å². The minimum absolute atomic E-state index is 0.254. The summed E-state index contributed by atoms with van der Waals surface area (Å²) in [7, 11) is 15.8. The molecule has 0 bridgehead atoms. The lowest BCUT2D eigenvalue weighted by Gasteiger charge is -2.52. The van der Waals surface area contributed by atoms with Gasteiger partial charge in [-0.1, -0.05) is 6.07 Å². The molecule has 1 fully saturated rings. The first kappa shape index (κ1) is 33.1. The number of hydrogen-bond acceptors (Lipinski definition) is 11. The first-order valence-electron chi connectivity index (χ1n) is 15.3. The Bertz CT molecular complexity index is 1190. The fourth-order valence-corrected chi connectivity index (χ4v) is 6.21. The van der Waals surface area contributed by atoms with Gasteiger partial charge in [0.05, 0.1) is 20.4 Å². The van der Waals surface area contributed by atoms with Crippen LogP contribution in [0, 0.1) is 0 Å². The minimum Gasteiger partial charge on any atom is -0.493 e. The van der Waals surface area contributed by atoms with Gasteiger partial charge in [0.2, 0.25) is 0 Å². The number of nitrogens with two attached hydrogens (primary N) is 2. The number of likely N-dealkylation sites (N-methyl/N-ethyl adjacent to an activating group) is 2. The van der Waals surface area contributed by atoms with Gasteiger partial charge in [-0.2, -0.15) is 0 Å². The van der Waals surface area contributed by atoms with E-state index in [9.17, 15) is 0 Å². The predicted molar refractivity (Wildman–Crippen MR) is 175 cm³/mol. The van der Waals surface area contributed by atoms with Crippen LogP contribution in [-0.2, 0) is 6.54 Å². The zero-order valence-electron chi connectivity index (χ0n) is 27.5. The van der Waals surface area contributed by atoms with E-state index in [1.807, 2.05) is 12.1 Å². The molecular weight excluding hydrogens is 544 g/mol. The Morgan fingerprint density at radius 3 is 2.12 bits per heavy atom. The van der Waals surface area contributed by atoms with Crippen LogP contribution < -0.4 is 35.5 Å². The number of fused-ring (bicyclic) bond motifs is 1. The van der Waals surface area contributed by atoms with Crippen LogP contribution >= 0.6 is 0 Å². The van der Waals surface area contributed by atoms with E-state index in [4.69, 9.17) is 25.7 Å². The third kappa shape index (κ3) is 7.65. The highest BCUT2D eigenvalue weighted by molar-refractivity contribution is 5.65. The molecule has 2 aliphatic rings. The lowest BCUT2D eigenvalue weighted by atomic mass is 9.96. The number of nitrogens with zero attached hydrogens (tertiary/aromatic N) is 6. The van der Waals surface area contributed by atoms with E-state index >= 15 is 0 Å². The predicted octanol–water partition coefficient (Wildman–Crippen LogP) is 2.26. The Morgan fingerprint density at radius 2 is 1.51 bits per heavy atom. The van der Waals surface area contributed by atoms with Crippen molar-refractivity contribution in [1.29, 1.82) is 0 Å². The zero-order chi connectivity index (χ0) is 31.3. The molecule has 2 aliphatic heterocycles. The third-order valence-corrected chi connectivity index (χ3v) is 8.64. The number of methoxy groups -OCH3 is 2. The Hall–Kier alpha value is -2.80. The van der Waals surface area contributed by atoms with Gasteiger partial charge in [0.25, 0.3) is 0 Å². The first-order valence-corrected chi connectivity index (χ1v) is 15.3. The minimum atomic E-state index is -0.344. The molecule has 2 heterocycles. The molecule has 4 rings (SSSR count). The van der Waals surface area contributed by atoms with Crippen LogP contribution in [0.5, 0.6) is 17.2 Å². The van der Waals surface area contributed by atoms with E-state index in [1.165, 1.54) is 11.3 Å². The van der Waals surface area contributed by atoms with Crippen molar-refractivity contribution < 1.29 is 14.2 Å². The Kier molecular flexibility index (Phi) is 11.4. The average molecular weight is 599 g/mol. The Balaban J connectivity index is 1.53. The normalized spacial score (nSPS) is 20.0. The van der Waals surface area contributed by atoms with Crippen LogP contribution in [0.3, 0.4) is 0 Å². The molecule has 0 saturated carbocycles. The summed E-state index contributed by atoms with van der Waals surface area (Å²) in [5.74, 6) is 2.32. The lowest BCUT2D eigenvalue weighted by molar-refractivity contribution is 0.0279. The molecule has 0 radical (unpaired) electrons. The highest BCUT2D eigenvalue weighted by atomic mass is 16.5. The fraction of sp³-hybridized carbons (Fsp3) is 0.625. The van der Waals surface area contributed by atoms with Gasteiger partial charge >= 0.3 is 0 Å². The van der Waals surface area contributed by atoms with Gasteiger partial charge in [0.15, 0.2) is 11.5 Å². The second-order valence-electron chi connectivity index (χ2n) is 12.4. The van der Waals surface area contributed by atoms with Crippen molar-refractivity contribution in [2.24, 2.45) is 11.5 Å². The summed E-state index contributed by atoms with van der Waals surface area (Å²) in [5, 5.41) is 0. The Labute approximate surface area is 258 Å². The smallest absolute Gasteiger partial charge is 0.162 e. The maximum Gasteiger partial charge on any atom is 0.162 e. The first-order chi connectivity index (χ1) is 20.5. The molecule has 2 unspecified atom stereocenters. The summed E-state index contributed by atoms with van der Waals surface area (Å²) in [6, 6.07) is 10.6. The van der Waals surface area contributed by atoms with Crippen molar-refractivity contribution in [3.63, 3.8) is 0 Å². The second-order valence-corrected chi connectivity index (χ2v) is 12.4. The molecule has 0 amide bonds. The number of hydrogen-bond donors (Lipinski definition) is 2. The molecule has 2 aromatic carbocycles. The molecule has 1 saturated heterocycles. The van der Waals surface area contributed by atoms with Crippen molar-refractivity contribution >= 4 is 11.4 Å². The fourth-order valence-electron chi connectivity index (χ4n) is 6.21. The number of rotatable bonds is 13. The van der Waals surface area contributed by atoms with Gasteiger partial charge in [0.1, 0.15) is 18.6 Å². The summed E-state index contributed by atoms with van der Waals surface area (Å²) in [5.41, 5.74) is 18.5. The van der Waals surface area contributed by atoms with Crippen LogP contribution in [0.25, 0.3) is 0 Å². The van der Waals surface area contributed by atoms with E-state index in [2.05, 4.69) is 89.9 Å². The van der Waals surface area contributed by atoms with Crippen molar-refractivity contribution in [3.8, 4) is 17.2 Å². The number of piperidine rings is 1. The second kappa shape index (κ2) is 14.8. The van der Waals surface area contributed by atoms with Gasteiger partial charge in [-0.25, -0.2) is 4.90 Å². The van der Waals surface area contributed by atoms with Gasteiger partial charge < -0.3 is 39.5 Å². The highest BCUT2D eigenvalue weighted by Gasteiger charge is 2.41. The van der Waals surface area contributed by atoms with E-state index in [0.29, 0.717) is 18.1 Å². The van der Waals surface area contributed by atoms with Crippen LogP contribution in [0.2, 0.25) is 0 Å². The monoisotopic (exact) mass is 598 g/mol. The van der Waals surface area contributed by atoms with E-state index in [1.54, 1.807) is 14.2 Å². The summed E-state index contributed by atoms with van der Waals surface area (Å²) in [6.07, 6.45) is 1.27. The van der Waals surface area contributed by atoms with Crippen molar-refractivity contribution in [1.82, 2.24) is 19.6 Å². The van der Waals surface area contributed by atoms with Crippen LogP contribution in [0.4, 0.5) is 11.4 Å².